The van der Waals surface area contributed by atoms with Gasteiger partial charge in [0.05, 0.1) is 0 Å². The van der Waals surface area contributed by atoms with Crippen LogP contribution in [0.3, 0.4) is 0 Å². The maximum atomic E-state index is 9.96. The Hall–Kier alpha value is 1.17. The van der Waals surface area contributed by atoms with Gasteiger partial charge in [0.15, 0.2) is 0 Å². The Balaban J connectivity index is 0. The van der Waals surface area contributed by atoms with Gasteiger partial charge in [-0.25, -0.2) is 0 Å². The molecule has 1 amide bonds. The fourth-order valence-corrected chi connectivity index (χ4v) is 0.411. The predicted molar refractivity (Wildman–Crippen MR) is 38.2 cm³/mol. The van der Waals surface area contributed by atoms with Gasteiger partial charge in [0.25, 0.3) is 5.24 Å². The fraction of sp³-hybridized carbons (Fsp3) is 0.500. The zero-order valence-electron chi connectivity index (χ0n) is 3.26. The Bertz CT molecular complexity index is 53.7. The van der Waals surface area contributed by atoms with Crippen LogP contribution in [0.1, 0.15) is 0 Å². The van der Waals surface area contributed by atoms with Crippen LogP contribution < -0.4 is 5.32 Å². The SMILES string of the molecule is CNC(=O)SS.[NaH]. The van der Waals surface area contributed by atoms with Crippen molar-refractivity contribution in [1.29, 1.82) is 0 Å². The number of carbonyl (C=O) groups excluding carboxylic acids is 1. The van der Waals surface area contributed by atoms with Crippen molar-refractivity contribution < 1.29 is 4.79 Å². The van der Waals surface area contributed by atoms with Crippen molar-refractivity contribution in [2.24, 2.45) is 0 Å². The maximum absolute atomic E-state index is 9.96. The molecule has 0 saturated heterocycles. The molecule has 0 aromatic carbocycles. The van der Waals surface area contributed by atoms with Gasteiger partial charge in [-0.3, -0.25) is 4.79 Å². The molecule has 0 radical (unpaired) electrons. The molecule has 0 aliphatic rings. The molecular formula is C2H6NNaOS2. The van der Waals surface area contributed by atoms with Crippen LogP contribution >= 0.6 is 22.5 Å². The molecule has 0 bridgehead atoms. The summed E-state index contributed by atoms with van der Waals surface area (Å²) in [6.07, 6.45) is 0. The second-order valence-electron chi connectivity index (χ2n) is 0.629. The Morgan fingerprint density at radius 1 is 1.86 bits per heavy atom. The molecule has 0 heterocycles. The first-order chi connectivity index (χ1) is 2.81. The normalized spacial score (nSPS) is 6.57. The Morgan fingerprint density at radius 2 is 2.29 bits per heavy atom. The summed E-state index contributed by atoms with van der Waals surface area (Å²) >= 11 is 3.60. The van der Waals surface area contributed by atoms with E-state index < -0.39 is 0 Å². The minimum absolute atomic E-state index is 0. The summed E-state index contributed by atoms with van der Waals surface area (Å²) in [6.45, 7) is 0. The second kappa shape index (κ2) is 7.17. The topological polar surface area (TPSA) is 29.1 Å². The number of hydrogen-bond acceptors (Lipinski definition) is 3. The Labute approximate surface area is 73.9 Å². The van der Waals surface area contributed by atoms with Crippen LogP contribution in [0, 0.1) is 0 Å². The molecule has 0 aliphatic heterocycles. The molecule has 0 aromatic heterocycles. The Kier molecular flexibility index (Phi) is 11.3. The molecule has 2 nitrogen and oxygen atoms in total. The van der Waals surface area contributed by atoms with Gasteiger partial charge >= 0.3 is 29.6 Å². The van der Waals surface area contributed by atoms with E-state index in [1.54, 1.807) is 7.05 Å². The van der Waals surface area contributed by atoms with Gasteiger partial charge in [-0.2, -0.15) is 0 Å². The van der Waals surface area contributed by atoms with Crippen LogP contribution in [0.4, 0.5) is 4.79 Å². The summed E-state index contributed by atoms with van der Waals surface area (Å²) in [7, 11) is 2.43. The summed E-state index contributed by atoms with van der Waals surface area (Å²) < 4.78 is 0. The van der Waals surface area contributed by atoms with Gasteiger partial charge in [-0.1, -0.05) is 0 Å². The summed E-state index contributed by atoms with van der Waals surface area (Å²) in [4.78, 5) is 9.96. The fourth-order valence-electron chi connectivity index (χ4n) is 0.0456. The number of hydrogen-bond donors (Lipinski definition) is 2. The van der Waals surface area contributed by atoms with Crippen molar-refractivity contribution in [1.82, 2.24) is 5.32 Å². The number of amides is 1. The van der Waals surface area contributed by atoms with E-state index in [1.807, 2.05) is 0 Å². The van der Waals surface area contributed by atoms with E-state index in [-0.39, 0.29) is 34.8 Å². The molecule has 38 valence electrons. The molecule has 0 rings (SSSR count). The van der Waals surface area contributed by atoms with Crippen molar-refractivity contribution in [3.63, 3.8) is 0 Å². The molecule has 0 fully saturated rings. The van der Waals surface area contributed by atoms with Crippen molar-refractivity contribution in [3.8, 4) is 0 Å². The second-order valence-corrected chi connectivity index (χ2v) is 1.73. The van der Waals surface area contributed by atoms with Crippen molar-refractivity contribution in [3.05, 3.63) is 0 Å². The van der Waals surface area contributed by atoms with Crippen LogP contribution in [0.2, 0.25) is 0 Å². The van der Waals surface area contributed by atoms with Gasteiger partial charge < -0.3 is 5.32 Å². The molecule has 0 saturated carbocycles. The van der Waals surface area contributed by atoms with Crippen molar-refractivity contribution in [2.75, 3.05) is 7.05 Å². The molecule has 5 heteroatoms. The average molecular weight is 147 g/mol. The van der Waals surface area contributed by atoms with Crippen molar-refractivity contribution >= 4 is 57.3 Å². The summed E-state index contributed by atoms with van der Waals surface area (Å²) in [5.74, 6) is 0. The first kappa shape index (κ1) is 11.0. The van der Waals surface area contributed by atoms with Gasteiger partial charge in [-0.15, -0.1) is 11.7 Å². The molecule has 7 heavy (non-hydrogen) atoms. The first-order valence-electron chi connectivity index (χ1n) is 1.34. The first-order valence-corrected chi connectivity index (χ1v) is 3.21. The zero-order chi connectivity index (χ0) is 4.99. The van der Waals surface area contributed by atoms with E-state index in [0.717, 1.165) is 10.8 Å². The van der Waals surface area contributed by atoms with E-state index in [9.17, 15) is 4.79 Å². The van der Waals surface area contributed by atoms with E-state index in [4.69, 9.17) is 0 Å². The van der Waals surface area contributed by atoms with Gasteiger partial charge in [-0.05, 0) is 0 Å². The van der Waals surface area contributed by atoms with E-state index in [0.29, 0.717) is 0 Å². The summed E-state index contributed by atoms with van der Waals surface area (Å²) in [6, 6.07) is 0. The molecule has 0 aliphatic carbocycles. The van der Waals surface area contributed by atoms with E-state index in [2.05, 4.69) is 17.0 Å². The number of thiol groups is 1. The van der Waals surface area contributed by atoms with E-state index >= 15 is 0 Å². The van der Waals surface area contributed by atoms with Crippen LogP contribution in [0.25, 0.3) is 0 Å². The summed E-state index contributed by atoms with van der Waals surface area (Å²) in [5.41, 5.74) is 0. The Morgan fingerprint density at radius 3 is 2.29 bits per heavy atom. The number of nitrogens with one attached hydrogen (secondary N) is 1. The number of carbonyl (C=O) groups is 1. The van der Waals surface area contributed by atoms with Crippen LogP contribution in [-0.2, 0) is 0 Å². The molecule has 0 spiro atoms. The third-order valence-corrected chi connectivity index (χ3v) is 1.15. The third kappa shape index (κ3) is 7.17. The molecule has 0 atom stereocenters. The monoisotopic (exact) mass is 147 g/mol. The standard InChI is InChI=1S/C2H5NOS2.Na.H/c1-3-2(4)6-5;;/h5H,1H3,(H,3,4);;. The number of rotatable bonds is 0. The predicted octanol–water partition coefficient (Wildman–Crippen LogP) is 0.255. The quantitative estimate of drug-likeness (QED) is 0.292. The van der Waals surface area contributed by atoms with Gasteiger partial charge in [0.1, 0.15) is 0 Å². The van der Waals surface area contributed by atoms with Crippen LogP contribution in [0.15, 0.2) is 0 Å². The zero-order valence-corrected chi connectivity index (χ0v) is 4.97. The third-order valence-electron chi connectivity index (χ3n) is 0.287. The van der Waals surface area contributed by atoms with Gasteiger partial charge in [0.2, 0.25) is 0 Å². The molecule has 1 N–H and O–H groups in total. The van der Waals surface area contributed by atoms with E-state index in [1.165, 1.54) is 0 Å². The van der Waals surface area contributed by atoms with Crippen LogP contribution in [0.5, 0.6) is 0 Å². The molecule has 0 aromatic rings. The molecular weight excluding hydrogens is 141 g/mol. The van der Waals surface area contributed by atoms with Gasteiger partial charge in [0, 0.05) is 17.8 Å². The minimum atomic E-state index is -0.127. The van der Waals surface area contributed by atoms with Crippen molar-refractivity contribution in [2.45, 2.75) is 0 Å². The molecule has 0 unspecified atom stereocenters. The summed E-state index contributed by atoms with van der Waals surface area (Å²) in [5, 5.41) is 2.24. The van der Waals surface area contributed by atoms with Crippen LogP contribution in [-0.4, -0.2) is 41.8 Å². The average Bonchev–Trinajstić information content (AvgIpc) is 1.65.